The van der Waals surface area contributed by atoms with Crippen LogP contribution >= 0.6 is 11.6 Å². The van der Waals surface area contributed by atoms with Gasteiger partial charge in [-0.2, -0.15) is 0 Å². The number of hydrogen-bond donors (Lipinski definition) is 1. The van der Waals surface area contributed by atoms with Gasteiger partial charge in [0, 0.05) is 18.1 Å². The Bertz CT molecular complexity index is 639. The van der Waals surface area contributed by atoms with Crippen LogP contribution in [0.3, 0.4) is 0 Å². The summed E-state index contributed by atoms with van der Waals surface area (Å²) >= 11 is 6.09. The smallest absolute Gasteiger partial charge is 0.213 e. The number of oxazole rings is 1. The number of nitrogens with one attached hydrogen (secondary N) is 1. The Morgan fingerprint density at radius 1 is 1.43 bits per heavy atom. The van der Waals surface area contributed by atoms with Gasteiger partial charge in [0.25, 0.3) is 0 Å². The van der Waals surface area contributed by atoms with Crippen molar-refractivity contribution in [1.82, 2.24) is 4.98 Å². The summed E-state index contributed by atoms with van der Waals surface area (Å²) in [5, 5.41) is 3.93. The van der Waals surface area contributed by atoms with Crippen LogP contribution in [-0.4, -0.2) is 24.3 Å². The van der Waals surface area contributed by atoms with Crippen LogP contribution in [0.4, 0.5) is 5.69 Å². The van der Waals surface area contributed by atoms with Crippen molar-refractivity contribution < 1.29 is 13.9 Å². The largest absolute Gasteiger partial charge is 0.489 e. The molecule has 1 aromatic heterocycles. The lowest BCUT2D eigenvalue weighted by atomic mass is 10.2. The van der Waals surface area contributed by atoms with Crippen molar-refractivity contribution >= 4 is 17.3 Å². The lowest BCUT2D eigenvalue weighted by Crippen LogP contribution is -2.17. The second-order valence-corrected chi connectivity index (χ2v) is 5.95. The minimum absolute atomic E-state index is 0.178. The van der Waals surface area contributed by atoms with Crippen molar-refractivity contribution in [1.29, 1.82) is 0 Å². The van der Waals surface area contributed by atoms with E-state index in [2.05, 4.69) is 10.3 Å². The normalized spacial score (nSPS) is 17.4. The number of rotatable bonds is 7. The maximum absolute atomic E-state index is 6.09. The zero-order valence-corrected chi connectivity index (χ0v) is 13.9. The third kappa shape index (κ3) is 4.39. The van der Waals surface area contributed by atoms with Gasteiger partial charge in [-0.15, -0.1) is 0 Å². The quantitative estimate of drug-likeness (QED) is 0.826. The van der Waals surface area contributed by atoms with E-state index in [0.717, 1.165) is 43.1 Å². The molecule has 23 heavy (non-hydrogen) atoms. The Kier molecular flexibility index (Phi) is 5.41. The van der Waals surface area contributed by atoms with E-state index >= 15 is 0 Å². The minimum Gasteiger partial charge on any atom is -0.489 e. The fourth-order valence-corrected chi connectivity index (χ4v) is 2.66. The van der Waals surface area contributed by atoms with E-state index in [0.29, 0.717) is 24.1 Å². The molecule has 0 saturated carbocycles. The van der Waals surface area contributed by atoms with Gasteiger partial charge in [-0.3, -0.25) is 0 Å². The van der Waals surface area contributed by atoms with Gasteiger partial charge in [0.15, 0.2) is 0 Å². The van der Waals surface area contributed by atoms with Gasteiger partial charge in [0.2, 0.25) is 5.89 Å². The number of anilines is 1. The average Bonchev–Trinajstić information content (AvgIpc) is 3.23. The molecular weight excluding hydrogens is 316 g/mol. The summed E-state index contributed by atoms with van der Waals surface area (Å²) < 4.78 is 17.1. The molecule has 124 valence electrons. The van der Waals surface area contributed by atoms with E-state index in [-0.39, 0.29) is 6.10 Å². The fourth-order valence-electron chi connectivity index (χ4n) is 2.49. The molecule has 0 aliphatic carbocycles. The Hall–Kier alpha value is -1.72. The van der Waals surface area contributed by atoms with Crippen molar-refractivity contribution in [3.05, 3.63) is 41.1 Å². The number of hydrogen-bond acceptors (Lipinski definition) is 5. The Morgan fingerprint density at radius 3 is 3.09 bits per heavy atom. The third-order valence-electron chi connectivity index (χ3n) is 3.77. The van der Waals surface area contributed by atoms with Crippen molar-refractivity contribution in [3.63, 3.8) is 0 Å². The molecule has 0 amide bonds. The molecule has 1 fully saturated rings. The predicted octanol–water partition coefficient (Wildman–Crippen LogP) is 4.06. The maximum Gasteiger partial charge on any atom is 0.213 e. The fraction of sp³-hybridized carbons (Fsp3) is 0.471. The molecule has 3 rings (SSSR count). The SMILES string of the molecule is CCc1cnc(CNc2cc(Cl)ccc2OCC2CCCO2)o1. The molecule has 5 nitrogen and oxygen atoms in total. The van der Waals surface area contributed by atoms with E-state index in [4.69, 9.17) is 25.5 Å². The molecule has 1 saturated heterocycles. The molecule has 1 atom stereocenters. The van der Waals surface area contributed by atoms with Gasteiger partial charge in [-0.1, -0.05) is 18.5 Å². The van der Waals surface area contributed by atoms with Crippen molar-refractivity contribution in [2.45, 2.75) is 38.8 Å². The van der Waals surface area contributed by atoms with E-state index in [1.807, 2.05) is 25.1 Å². The highest BCUT2D eigenvalue weighted by atomic mass is 35.5. The molecule has 6 heteroatoms. The van der Waals surface area contributed by atoms with Crippen molar-refractivity contribution in [2.24, 2.45) is 0 Å². The molecule has 1 N–H and O–H groups in total. The standard InChI is InChI=1S/C17H21ClN2O3/c1-2-13-9-20-17(23-13)10-19-15-8-12(18)5-6-16(15)22-11-14-4-3-7-21-14/h5-6,8-9,14,19H,2-4,7,10-11H2,1H3. The van der Waals surface area contributed by atoms with Gasteiger partial charge in [-0.25, -0.2) is 4.98 Å². The zero-order chi connectivity index (χ0) is 16.1. The van der Waals surface area contributed by atoms with Crippen LogP contribution in [0, 0.1) is 0 Å². The highest BCUT2D eigenvalue weighted by molar-refractivity contribution is 6.30. The first-order valence-corrected chi connectivity index (χ1v) is 8.34. The Morgan fingerprint density at radius 2 is 2.35 bits per heavy atom. The topological polar surface area (TPSA) is 56.5 Å². The van der Waals surface area contributed by atoms with E-state index in [9.17, 15) is 0 Å². The predicted molar refractivity (Wildman–Crippen MR) is 89.1 cm³/mol. The highest BCUT2D eigenvalue weighted by Crippen LogP contribution is 2.29. The summed E-state index contributed by atoms with van der Waals surface area (Å²) in [7, 11) is 0. The van der Waals surface area contributed by atoms with Crippen LogP contribution in [0.5, 0.6) is 5.75 Å². The summed E-state index contributed by atoms with van der Waals surface area (Å²) in [6.45, 7) is 3.89. The number of ether oxygens (including phenoxy) is 2. The van der Waals surface area contributed by atoms with E-state index in [1.165, 1.54) is 0 Å². The monoisotopic (exact) mass is 336 g/mol. The first-order valence-electron chi connectivity index (χ1n) is 7.96. The molecule has 2 heterocycles. The number of aryl methyl sites for hydroxylation is 1. The van der Waals surface area contributed by atoms with Crippen molar-refractivity contribution in [2.75, 3.05) is 18.5 Å². The highest BCUT2D eigenvalue weighted by Gasteiger charge is 2.17. The van der Waals surface area contributed by atoms with Crippen LogP contribution in [0.2, 0.25) is 5.02 Å². The molecule has 1 aliphatic heterocycles. The number of aromatic nitrogens is 1. The van der Waals surface area contributed by atoms with Gasteiger partial charge in [0.05, 0.1) is 24.5 Å². The van der Waals surface area contributed by atoms with Crippen LogP contribution in [0.25, 0.3) is 0 Å². The molecule has 1 aliphatic rings. The Balaban J connectivity index is 1.63. The van der Waals surface area contributed by atoms with Crippen LogP contribution in [0.15, 0.2) is 28.8 Å². The number of benzene rings is 1. The van der Waals surface area contributed by atoms with Gasteiger partial charge in [0.1, 0.15) is 18.1 Å². The summed E-state index contributed by atoms with van der Waals surface area (Å²) in [4.78, 5) is 4.24. The van der Waals surface area contributed by atoms with Crippen molar-refractivity contribution in [3.8, 4) is 5.75 Å². The average molecular weight is 337 g/mol. The number of nitrogens with zero attached hydrogens (tertiary/aromatic N) is 1. The Labute approximate surface area is 140 Å². The third-order valence-corrected chi connectivity index (χ3v) is 4.01. The zero-order valence-electron chi connectivity index (χ0n) is 13.2. The molecule has 1 aromatic carbocycles. The van der Waals surface area contributed by atoms with Gasteiger partial charge < -0.3 is 19.2 Å². The minimum atomic E-state index is 0.178. The first kappa shape index (κ1) is 16.1. The maximum atomic E-state index is 6.09. The molecule has 0 radical (unpaired) electrons. The lowest BCUT2D eigenvalue weighted by molar-refractivity contribution is 0.0682. The molecule has 0 spiro atoms. The summed E-state index contributed by atoms with van der Waals surface area (Å²) in [6, 6.07) is 5.53. The van der Waals surface area contributed by atoms with E-state index in [1.54, 1.807) is 6.20 Å². The molecular formula is C17H21ClN2O3. The van der Waals surface area contributed by atoms with Crippen LogP contribution < -0.4 is 10.1 Å². The summed E-state index contributed by atoms with van der Waals surface area (Å²) in [5.41, 5.74) is 0.826. The second kappa shape index (κ2) is 7.70. The van der Waals surface area contributed by atoms with Gasteiger partial charge in [-0.05, 0) is 31.0 Å². The first-order chi connectivity index (χ1) is 11.2. The van der Waals surface area contributed by atoms with E-state index < -0.39 is 0 Å². The molecule has 1 unspecified atom stereocenters. The lowest BCUT2D eigenvalue weighted by Gasteiger charge is -2.15. The van der Waals surface area contributed by atoms with Gasteiger partial charge >= 0.3 is 0 Å². The van der Waals surface area contributed by atoms with Crippen LogP contribution in [-0.2, 0) is 17.7 Å². The summed E-state index contributed by atoms with van der Waals surface area (Å²) in [5.74, 6) is 2.28. The number of halogens is 1. The summed E-state index contributed by atoms with van der Waals surface area (Å²) in [6.07, 6.45) is 4.91. The molecule has 2 aromatic rings. The van der Waals surface area contributed by atoms with Crippen LogP contribution in [0.1, 0.15) is 31.4 Å². The second-order valence-electron chi connectivity index (χ2n) is 5.51. The molecule has 0 bridgehead atoms.